The molecular formula is C19H23F3N6O2S. The lowest BCUT2D eigenvalue weighted by atomic mass is 10.1. The summed E-state index contributed by atoms with van der Waals surface area (Å²) in [6, 6.07) is 8.25. The molecule has 2 heterocycles. The Kier molecular flexibility index (Phi) is 7.91. The molecule has 2 aromatic rings. The van der Waals surface area contributed by atoms with E-state index in [0.717, 1.165) is 49.2 Å². The smallest absolute Gasteiger partial charge is 0.329 e. The number of alkyl halides is 3. The van der Waals surface area contributed by atoms with Gasteiger partial charge in [-0.25, -0.2) is 4.79 Å². The lowest BCUT2D eigenvalue weighted by Crippen LogP contribution is -2.43. The molecule has 1 aromatic carbocycles. The molecule has 0 radical (unpaired) electrons. The predicted octanol–water partition coefficient (Wildman–Crippen LogP) is 2.73. The standard InChI is InChI=1S/C19H23F3N6O2S/c20-19(21,22)13-23-17(30)24-16(29)12-31-18-26-25-15(11-27-9-5-2-6-10-27)28(18)14-7-3-1-4-8-14/h1,3-4,7-8H,2,5-6,9-13H2,(H2,23,24,29,30). The number of piperidine rings is 1. The summed E-state index contributed by atoms with van der Waals surface area (Å²) >= 11 is 1.06. The molecule has 31 heavy (non-hydrogen) atoms. The number of nitrogens with one attached hydrogen (secondary N) is 2. The summed E-state index contributed by atoms with van der Waals surface area (Å²) in [5.74, 6) is -0.197. The van der Waals surface area contributed by atoms with Crippen LogP contribution in [0.15, 0.2) is 35.5 Å². The molecule has 0 spiro atoms. The molecule has 168 valence electrons. The normalized spacial score (nSPS) is 14.9. The summed E-state index contributed by atoms with van der Waals surface area (Å²) in [5.41, 5.74) is 0.838. The minimum absolute atomic E-state index is 0.200. The Hall–Kier alpha value is -2.60. The molecule has 3 amide bonds. The van der Waals surface area contributed by atoms with Gasteiger partial charge < -0.3 is 5.32 Å². The number of carbonyl (C=O) groups excluding carboxylic acids is 2. The first-order valence-electron chi connectivity index (χ1n) is 9.81. The zero-order valence-corrected chi connectivity index (χ0v) is 17.5. The van der Waals surface area contributed by atoms with E-state index >= 15 is 0 Å². The topological polar surface area (TPSA) is 92.2 Å². The molecule has 8 nitrogen and oxygen atoms in total. The first-order valence-corrected chi connectivity index (χ1v) is 10.8. The van der Waals surface area contributed by atoms with Crippen molar-refractivity contribution in [1.82, 2.24) is 30.3 Å². The number of imide groups is 1. The molecule has 1 aliphatic rings. The number of aromatic nitrogens is 3. The third-order valence-corrected chi connectivity index (χ3v) is 5.49. The molecule has 0 bridgehead atoms. The lowest BCUT2D eigenvalue weighted by molar-refractivity contribution is -0.124. The number of carbonyl (C=O) groups is 2. The van der Waals surface area contributed by atoms with Gasteiger partial charge in [-0.15, -0.1) is 10.2 Å². The molecule has 1 saturated heterocycles. The molecule has 0 aliphatic carbocycles. The second-order valence-corrected chi connectivity index (χ2v) is 7.98. The largest absolute Gasteiger partial charge is 0.405 e. The average molecular weight is 456 g/mol. The zero-order valence-electron chi connectivity index (χ0n) is 16.7. The Morgan fingerprint density at radius 3 is 2.45 bits per heavy atom. The maximum Gasteiger partial charge on any atom is 0.405 e. The van der Waals surface area contributed by atoms with Gasteiger partial charge in [0.25, 0.3) is 0 Å². The quantitative estimate of drug-likeness (QED) is 0.623. The molecule has 3 rings (SSSR count). The molecule has 1 aromatic heterocycles. The van der Waals surface area contributed by atoms with Gasteiger partial charge in [0.15, 0.2) is 11.0 Å². The monoisotopic (exact) mass is 456 g/mol. The van der Waals surface area contributed by atoms with E-state index in [4.69, 9.17) is 0 Å². The molecule has 2 N–H and O–H groups in total. The number of urea groups is 1. The van der Waals surface area contributed by atoms with Crippen LogP contribution in [0, 0.1) is 0 Å². The van der Waals surface area contributed by atoms with Gasteiger partial charge in [-0.2, -0.15) is 13.2 Å². The van der Waals surface area contributed by atoms with Gasteiger partial charge in [-0.05, 0) is 38.1 Å². The fourth-order valence-corrected chi connectivity index (χ4v) is 3.94. The SMILES string of the molecule is O=C(CSc1nnc(CN2CCCCC2)n1-c1ccccc1)NC(=O)NCC(F)(F)F. The third-order valence-electron chi connectivity index (χ3n) is 4.56. The van der Waals surface area contributed by atoms with Crippen LogP contribution in [-0.4, -0.2) is 63.2 Å². The van der Waals surface area contributed by atoms with Gasteiger partial charge in [0.05, 0.1) is 12.3 Å². The van der Waals surface area contributed by atoms with Gasteiger partial charge in [0.2, 0.25) is 5.91 Å². The number of rotatable bonds is 7. The minimum Gasteiger partial charge on any atom is -0.329 e. The minimum atomic E-state index is -4.55. The van der Waals surface area contributed by atoms with Crippen LogP contribution in [0.25, 0.3) is 5.69 Å². The van der Waals surface area contributed by atoms with E-state index in [9.17, 15) is 22.8 Å². The van der Waals surface area contributed by atoms with Crippen molar-refractivity contribution in [3.63, 3.8) is 0 Å². The number of thioether (sulfide) groups is 1. The second-order valence-electron chi connectivity index (χ2n) is 7.04. The number of hydrogen-bond acceptors (Lipinski definition) is 6. The molecule has 0 unspecified atom stereocenters. The summed E-state index contributed by atoms with van der Waals surface area (Å²) in [5, 5.41) is 12.4. The van der Waals surface area contributed by atoms with Crippen LogP contribution in [-0.2, 0) is 11.3 Å². The van der Waals surface area contributed by atoms with E-state index in [1.54, 1.807) is 5.32 Å². The summed E-state index contributed by atoms with van der Waals surface area (Å²) < 4.78 is 38.3. The third kappa shape index (κ3) is 7.24. The number of halogens is 3. The summed E-state index contributed by atoms with van der Waals surface area (Å²) in [6.07, 6.45) is -1.06. The van der Waals surface area contributed by atoms with Crippen LogP contribution >= 0.6 is 11.8 Å². The Bertz CT molecular complexity index is 885. The number of amides is 3. The van der Waals surface area contributed by atoms with Crippen molar-refractivity contribution in [3.05, 3.63) is 36.2 Å². The number of likely N-dealkylation sites (tertiary alicyclic amines) is 1. The molecule has 1 aliphatic heterocycles. The van der Waals surface area contributed by atoms with Crippen molar-refractivity contribution < 1.29 is 22.8 Å². The van der Waals surface area contributed by atoms with Crippen molar-refractivity contribution in [2.24, 2.45) is 0 Å². The maximum absolute atomic E-state index is 12.1. The van der Waals surface area contributed by atoms with Crippen molar-refractivity contribution >= 4 is 23.7 Å². The van der Waals surface area contributed by atoms with Gasteiger partial charge in [-0.3, -0.25) is 19.6 Å². The van der Waals surface area contributed by atoms with Crippen LogP contribution in [0.2, 0.25) is 0 Å². The van der Waals surface area contributed by atoms with Gasteiger partial charge >= 0.3 is 12.2 Å². The van der Waals surface area contributed by atoms with E-state index in [0.29, 0.717) is 11.7 Å². The lowest BCUT2D eigenvalue weighted by Gasteiger charge is -2.26. The second kappa shape index (κ2) is 10.6. The molecular weight excluding hydrogens is 433 g/mol. The van der Waals surface area contributed by atoms with Crippen molar-refractivity contribution in [2.75, 3.05) is 25.4 Å². The fraction of sp³-hybridized carbons (Fsp3) is 0.474. The Labute approximate surface area is 181 Å². The van der Waals surface area contributed by atoms with Crippen LogP contribution in [0.1, 0.15) is 25.1 Å². The van der Waals surface area contributed by atoms with E-state index in [-0.39, 0.29) is 5.75 Å². The van der Waals surface area contributed by atoms with Gasteiger partial charge in [0, 0.05) is 5.69 Å². The summed E-state index contributed by atoms with van der Waals surface area (Å²) in [4.78, 5) is 25.7. The highest BCUT2D eigenvalue weighted by molar-refractivity contribution is 7.99. The number of para-hydroxylation sites is 1. The molecule has 0 saturated carbocycles. The first kappa shape index (κ1) is 23.1. The summed E-state index contributed by atoms with van der Waals surface area (Å²) in [6.45, 7) is 1.08. The van der Waals surface area contributed by atoms with Gasteiger partial charge in [0.1, 0.15) is 6.54 Å². The van der Waals surface area contributed by atoms with Crippen LogP contribution < -0.4 is 10.6 Å². The Balaban J connectivity index is 1.65. The molecule has 1 fully saturated rings. The number of nitrogens with zero attached hydrogens (tertiary/aromatic N) is 4. The number of hydrogen-bond donors (Lipinski definition) is 2. The van der Waals surface area contributed by atoms with Crippen LogP contribution in [0.4, 0.5) is 18.0 Å². The van der Waals surface area contributed by atoms with Gasteiger partial charge in [-0.1, -0.05) is 36.4 Å². The fourth-order valence-electron chi connectivity index (χ4n) is 3.17. The Morgan fingerprint density at radius 2 is 1.77 bits per heavy atom. The first-order chi connectivity index (χ1) is 14.8. The molecule has 0 atom stereocenters. The maximum atomic E-state index is 12.1. The van der Waals surface area contributed by atoms with E-state index in [1.165, 1.54) is 6.42 Å². The van der Waals surface area contributed by atoms with E-state index < -0.39 is 24.7 Å². The van der Waals surface area contributed by atoms with E-state index in [1.807, 2.05) is 40.2 Å². The van der Waals surface area contributed by atoms with Crippen molar-refractivity contribution in [2.45, 2.75) is 37.1 Å². The predicted molar refractivity (Wildman–Crippen MR) is 109 cm³/mol. The highest BCUT2D eigenvalue weighted by atomic mass is 32.2. The Morgan fingerprint density at radius 1 is 1.06 bits per heavy atom. The average Bonchev–Trinajstić information content (AvgIpc) is 3.14. The van der Waals surface area contributed by atoms with Crippen LogP contribution in [0.3, 0.4) is 0 Å². The highest BCUT2D eigenvalue weighted by Gasteiger charge is 2.28. The number of benzene rings is 1. The summed E-state index contributed by atoms with van der Waals surface area (Å²) in [7, 11) is 0. The van der Waals surface area contributed by atoms with Crippen molar-refractivity contribution in [3.8, 4) is 5.69 Å². The van der Waals surface area contributed by atoms with Crippen LogP contribution in [0.5, 0.6) is 0 Å². The highest BCUT2D eigenvalue weighted by Crippen LogP contribution is 2.23. The van der Waals surface area contributed by atoms with E-state index in [2.05, 4.69) is 15.1 Å². The zero-order chi connectivity index (χ0) is 22.3. The molecule has 12 heteroatoms. The van der Waals surface area contributed by atoms with Crippen molar-refractivity contribution in [1.29, 1.82) is 0 Å².